The van der Waals surface area contributed by atoms with Crippen LogP contribution >= 0.6 is 11.8 Å². The molecule has 0 aliphatic carbocycles. The van der Waals surface area contributed by atoms with Crippen molar-refractivity contribution >= 4 is 21.8 Å². The van der Waals surface area contributed by atoms with Crippen LogP contribution in [0.2, 0.25) is 0 Å². The van der Waals surface area contributed by atoms with Gasteiger partial charge in [0, 0.05) is 12.3 Å². The minimum atomic E-state index is -3.44. The van der Waals surface area contributed by atoms with Crippen molar-refractivity contribution in [2.75, 3.05) is 18.1 Å². The molecule has 0 aromatic carbocycles. The molecule has 0 radical (unpaired) electrons. The Bertz CT molecular complexity index is 477. The van der Waals surface area contributed by atoms with E-state index >= 15 is 0 Å². The summed E-state index contributed by atoms with van der Waals surface area (Å²) in [5.41, 5.74) is 0. The normalized spacial score (nSPS) is 17.9. The van der Waals surface area contributed by atoms with Gasteiger partial charge in [-0.25, -0.2) is 8.42 Å². The summed E-state index contributed by atoms with van der Waals surface area (Å²) in [6.07, 6.45) is 8.93. The molecule has 0 saturated carbocycles. The van der Waals surface area contributed by atoms with E-state index in [2.05, 4.69) is 6.92 Å². The maximum atomic E-state index is 12.4. The minimum Gasteiger partial charge on any atom is -0.259 e. The van der Waals surface area contributed by atoms with Crippen molar-refractivity contribution in [3.8, 4) is 0 Å². The molecule has 1 aliphatic heterocycles. The first-order chi connectivity index (χ1) is 10.5. The van der Waals surface area contributed by atoms with Crippen molar-refractivity contribution in [2.45, 2.75) is 58.3 Å². The topological polar surface area (TPSA) is 80.5 Å². The van der Waals surface area contributed by atoms with Gasteiger partial charge in [-0.1, -0.05) is 45.4 Å². The van der Waals surface area contributed by atoms with Gasteiger partial charge in [-0.15, -0.1) is 11.8 Å². The Morgan fingerprint density at radius 1 is 1.23 bits per heavy atom. The first-order valence-electron chi connectivity index (χ1n) is 7.96. The highest BCUT2D eigenvalue weighted by atomic mass is 32.2. The fourth-order valence-electron chi connectivity index (χ4n) is 2.39. The summed E-state index contributed by atoms with van der Waals surface area (Å²) < 4.78 is 25.9. The van der Waals surface area contributed by atoms with E-state index in [0.717, 1.165) is 37.6 Å². The van der Waals surface area contributed by atoms with E-state index in [1.54, 1.807) is 0 Å². The molecule has 1 fully saturated rings. The van der Waals surface area contributed by atoms with Crippen LogP contribution in [0.3, 0.4) is 0 Å². The first kappa shape index (κ1) is 19.3. The number of unbranched alkanes of at least 4 members (excludes halogenated alkanes) is 6. The molecule has 128 valence electrons. The largest absolute Gasteiger partial charge is 0.265 e. The van der Waals surface area contributed by atoms with Gasteiger partial charge in [0.1, 0.15) is 0 Å². The van der Waals surface area contributed by atoms with Gasteiger partial charge >= 0.3 is 0 Å². The Morgan fingerprint density at radius 2 is 1.86 bits per heavy atom. The number of thioether (sulfide) groups is 1. The molecule has 1 saturated heterocycles. The Hall–Kier alpha value is -0.760. The van der Waals surface area contributed by atoms with Gasteiger partial charge in [-0.2, -0.15) is 0 Å². The second kappa shape index (κ2) is 10.1. The SMILES string of the molecule is CCCCCCCCCS(=O)(=O)N1CCCSC1=C[N+](=O)[O-]. The highest BCUT2D eigenvalue weighted by Gasteiger charge is 2.29. The Kier molecular flexibility index (Phi) is 8.85. The maximum absolute atomic E-state index is 12.4. The second-order valence-corrected chi connectivity index (χ2v) is 8.59. The Morgan fingerprint density at radius 3 is 2.50 bits per heavy atom. The number of nitro groups is 1. The van der Waals surface area contributed by atoms with Gasteiger partial charge in [0.05, 0.1) is 10.7 Å². The molecule has 1 heterocycles. The predicted molar refractivity (Wildman–Crippen MR) is 90.6 cm³/mol. The van der Waals surface area contributed by atoms with Crippen molar-refractivity contribution < 1.29 is 13.3 Å². The molecule has 0 amide bonds. The molecular formula is C14H26N2O4S2. The first-order valence-corrected chi connectivity index (χ1v) is 10.6. The van der Waals surface area contributed by atoms with Gasteiger partial charge in [-0.05, 0) is 12.8 Å². The molecule has 22 heavy (non-hydrogen) atoms. The van der Waals surface area contributed by atoms with Crippen LogP contribution in [-0.2, 0) is 10.0 Å². The molecule has 0 N–H and O–H groups in total. The van der Waals surface area contributed by atoms with Gasteiger partial charge in [0.2, 0.25) is 10.0 Å². The zero-order valence-electron chi connectivity index (χ0n) is 13.2. The molecule has 1 rings (SSSR count). The third-order valence-electron chi connectivity index (χ3n) is 3.56. The number of hydrogen-bond acceptors (Lipinski definition) is 5. The van der Waals surface area contributed by atoms with Crippen LogP contribution in [0.25, 0.3) is 0 Å². The van der Waals surface area contributed by atoms with E-state index in [1.807, 2.05) is 0 Å². The van der Waals surface area contributed by atoms with E-state index in [0.29, 0.717) is 13.0 Å². The number of sulfonamides is 1. The van der Waals surface area contributed by atoms with Crippen molar-refractivity contribution in [3.05, 3.63) is 21.3 Å². The Balaban J connectivity index is 2.45. The molecule has 8 heteroatoms. The van der Waals surface area contributed by atoms with Crippen LogP contribution in [-0.4, -0.2) is 35.7 Å². The summed E-state index contributed by atoms with van der Waals surface area (Å²) in [5.74, 6) is 0.805. The second-order valence-electron chi connectivity index (χ2n) is 5.46. The Labute approximate surface area is 137 Å². The highest BCUT2D eigenvalue weighted by molar-refractivity contribution is 8.04. The summed E-state index contributed by atoms with van der Waals surface area (Å²) in [7, 11) is -3.44. The third kappa shape index (κ3) is 7.00. The van der Waals surface area contributed by atoms with E-state index in [-0.39, 0.29) is 10.8 Å². The maximum Gasteiger partial charge on any atom is 0.265 e. The summed E-state index contributed by atoms with van der Waals surface area (Å²) in [6.45, 7) is 2.52. The lowest BCUT2D eigenvalue weighted by molar-refractivity contribution is -0.403. The summed E-state index contributed by atoms with van der Waals surface area (Å²) in [4.78, 5) is 10.0. The average Bonchev–Trinajstić information content (AvgIpc) is 2.46. The van der Waals surface area contributed by atoms with Crippen LogP contribution in [0.4, 0.5) is 0 Å². The smallest absolute Gasteiger partial charge is 0.259 e. The predicted octanol–water partition coefficient (Wildman–Crippen LogP) is 3.58. The van der Waals surface area contributed by atoms with E-state index in [4.69, 9.17) is 0 Å². The standard InChI is InChI=1S/C14H26N2O4S2/c1-2-3-4-5-6-7-8-12-22(19,20)15-10-9-11-21-14(15)13-16(17)18/h13H,2-12H2,1H3. The molecular weight excluding hydrogens is 324 g/mol. The quantitative estimate of drug-likeness (QED) is 0.342. The number of nitrogens with zero attached hydrogens (tertiary/aromatic N) is 2. The lowest BCUT2D eigenvalue weighted by Gasteiger charge is -2.28. The van der Waals surface area contributed by atoms with E-state index in [1.165, 1.54) is 35.3 Å². The molecule has 6 nitrogen and oxygen atoms in total. The lowest BCUT2D eigenvalue weighted by Crippen LogP contribution is -2.35. The number of hydrogen-bond donors (Lipinski definition) is 0. The summed E-state index contributed by atoms with van der Waals surface area (Å²) >= 11 is 1.25. The lowest BCUT2D eigenvalue weighted by atomic mass is 10.1. The van der Waals surface area contributed by atoms with Crippen LogP contribution in [0.1, 0.15) is 58.3 Å². The molecule has 0 atom stereocenters. The van der Waals surface area contributed by atoms with Crippen molar-refractivity contribution in [1.29, 1.82) is 0 Å². The van der Waals surface area contributed by atoms with Gasteiger partial charge in [0.25, 0.3) is 6.20 Å². The van der Waals surface area contributed by atoms with E-state index in [9.17, 15) is 18.5 Å². The molecule has 0 aromatic rings. The molecule has 0 spiro atoms. The molecule has 0 bridgehead atoms. The third-order valence-corrected chi connectivity index (χ3v) is 6.64. The van der Waals surface area contributed by atoms with Crippen LogP contribution < -0.4 is 0 Å². The minimum absolute atomic E-state index is 0.0798. The average molecular weight is 351 g/mol. The van der Waals surface area contributed by atoms with Gasteiger partial charge < -0.3 is 0 Å². The zero-order valence-corrected chi connectivity index (χ0v) is 14.8. The highest BCUT2D eigenvalue weighted by Crippen LogP contribution is 2.29. The van der Waals surface area contributed by atoms with E-state index < -0.39 is 14.9 Å². The van der Waals surface area contributed by atoms with Gasteiger partial charge in [0.15, 0.2) is 5.03 Å². The van der Waals surface area contributed by atoms with Crippen LogP contribution in [0, 0.1) is 10.1 Å². The zero-order chi connectivity index (χ0) is 16.4. The molecule has 0 unspecified atom stereocenters. The van der Waals surface area contributed by atoms with Crippen molar-refractivity contribution in [2.24, 2.45) is 0 Å². The molecule has 0 aromatic heterocycles. The van der Waals surface area contributed by atoms with Crippen molar-refractivity contribution in [1.82, 2.24) is 4.31 Å². The van der Waals surface area contributed by atoms with Crippen LogP contribution in [0.5, 0.6) is 0 Å². The summed E-state index contributed by atoms with van der Waals surface area (Å²) in [5, 5.41) is 10.9. The fraction of sp³-hybridized carbons (Fsp3) is 0.857. The number of rotatable bonds is 10. The van der Waals surface area contributed by atoms with Crippen LogP contribution in [0.15, 0.2) is 11.2 Å². The van der Waals surface area contributed by atoms with Crippen molar-refractivity contribution in [3.63, 3.8) is 0 Å². The summed E-state index contributed by atoms with van der Waals surface area (Å²) in [6, 6.07) is 0. The van der Waals surface area contributed by atoms with Gasteiger partial charge in [-0.3, -0.25) is 14.4 Å². The molecule has 1 aliphatic rings. The monoisotopic (exact) mass is 350 g/mol. The fourth-order valence-corrected chi connectivity index (χ4v) is 5.28.